The van der Waals surface area contributed by atoms with Crippen LogP contribution in [0.1, 0.15) is 30.5 Å². The van der Waals surface area contributed by atoms with Crippen molar-refractivity contribution in [2.45, 2.75) is 32.4 Å². The predicted octanol–water partition coefficient (Wildman–Crippen LogP) is 3.76. The minimum Gasteiger partial charge on any atom is -0.352 e. The zero-order chi connectivity index (χ0) is 19.6. The molecular weight excluding hydrogens is 387 g/mol. The van der Waals surface area contributed by atoms with Gasteiger partial charge in [0.1, 0.15) is 0 Å². The van der Waals surface area contributed by atoms with E-state index in [0.717, 1.165) is 11.3 Å². The Hall–Kier alpha value is -2.31. The number of pyridine rings is 1. The highest BCUT2D eigenvalue weighted by atomic mass is 35.5. The van der Waals surface area contributed by atoms with E-state index < -0.39 is 6.03 Å². The van der Waals surface area contributed by atoms with Crippen LogP contribution >= 0.6 is 23.2 Å². The van der Waals surface area contributed by atoms with Crippen molar-refractivity contribution in [2.75, 3.05) is 6.54 Å². The van der Waals surface area contributed by atoms with Crippen LogP contribution in [0.25, 0.3) is 0 Å². The summed E-state index contributed by atoms with van der Waals surface area (Å²) in [7, 11) is 0. The Labute approximate surface area is 168 Å². The molecule has 3 amide bonds. The lowest BCUT2D eigenvalue weighted by Gasteiger charge is -2.23. The number of benzene rings is 1. The summed E-state index contributed by atoms with van der Waals surface area (Å²) in [5, 5.41) is 3.45. The van der Waals surface area contributed by atoms with Crippen LogP contribution in [0, 0.1) is 0 Å². The first-order valence-electron chi connectivity index (χ1n) is 8.60. The van der Waals surface area contributed by atoms with E-state index in [1.807, 2.05) is 24.3 Å². The van der Waals surface area contributed by atoms with Gasteiger partial charge in [0.25, 0.3) is 0 Å². The minimum absolute atomic E-state index is 0.00537. The fourth-order valence-electron chi connectivity index (χ4n) is 2.55. The maximum absolute atomic E-state index is 12.7. The lowest BCUT2D eigenvalue weighted by molar-refractivity contribution is -0.132. The Kier molecular flexibility index (Phi) is 8.36. The summed E-state index contributed by atoms with van der Waals surface area (Å²) in [4.78, 5) is 29.4. The first kappa shape index (κ1) is 21.0. The maximum Gasteiger partial charge on any atom is 0.312 e. The summed E-state index contributed by atoms with van der Waals surface area (Å²) in [6.45, 7) is 1.26. The van der Waals surface area contributed by atoms with E-state index in [9.17, 15) is 9.59 Å². The molecule has 0 aliphatic heterocycles. The van der Waals surface area contributed by atoms with Gasteiger partial charge in [-0.2, -0.15) is 0 Å². The van der Waals surface area contributed by atoms with Crippen molar-refractivity contribution >= 4 is 35.1 Å². The molecule has 0 saturated carbocycles. The van der Waals surface area contributed by atoms with E-state index in [4.69, 9.17) is 28.9 Å². The lowest BCUT2D eigenvalue weighted by atomic mass is 10.1. The number of nitrogens with one attached hydrogen (secondary N) is 1. The second kappa shape index (κ2) is 10.7. The molecule has 0 fully saturated rings. The smallest absolute Gasteiger partial charge is 0.312 e. The number of amides is 3. The molecule has 8 heteroatoms. The van der Waals surface area contributed by atoms with Gasteiger partial charge < -0.3 is 16.0 Å². The number of primary amides is 1. The third-order valence-corrected chi connectivity index (χ3v) is 4.64. The second-order valence-corrected chi connectivity index (χ2v) is 6.88. The van der Waals surface area contributed by atoms with Gasteiger partial charge in [0, 0.05) is 25.7 Å². The number of nitrogens with two attached hydrogens (primary N) is 1. The molecule has 0 aliphatic rings. The molecule has 6 nitrogen and oxygen atoms in total. The minimum atomic E-state index is -0.558. The number of aromatic nitrogens is 1. The van der Waals surface area contributed by atoms with Crippen molar-refractivity contribution in [1.82, 2.24) is 15.2 Å². The summed E-state index contributed by atoms with van der Waals surface area (Å²) < 4.78 is 0. The van der Waals surface area contributed by atoms with Crippen LogP contribution in [0.3, 0.4) is 0 Å². The van der Waals surface area contributed by atoms with Crippen molar-refractivity contribution in [3.05, 3.63) is 63.9 Å². The molecule has 0 unspecified atom stereocenters. The van der Waals surface area contributed by atoms with Crippen molar-refractivity contribution in [3.8, 4) is 0 Å². The predicted molar refractivity (Wildman–Crippen MR) is 106 cm³/mol. The number of hydrogen-bond acceptors (Lipinski definition) is 3. The zero-order valence-corrected chi connectivity index (χ0v) is 16.3. The van der Waals surface area contributed by atoms with E-state index in [1.54, 1.807) is 23.2 Å². The van der Waals surface area contributed by atoms with Gasteiger partial charge >= 0.3 is 6.03 Å². The van der Waals surface area contributed by atoms with Crippen LogP contribution in [0.2, 0.25) is 10.0 Å². The van der Waals surface area contributed by atoms with Gasteiger partial charge in [-0.1, -0.05) is 35.3 Å². The van der Waals surface area contributed by atoms with Crippen LogP contribution in [0.4, 0.5) is 4.79 Å². The number of rotatable bonds is 9. The standard InChI is InChI=1S/C19H22Cl2N4O2/c20-16-8-7-14(11-17(16)21)12-25(13-15-5-1-3-9-23-15)18(26)6-2-4-10-24-19(22)27/h1,3,5,7-9,11H,2,4,6,10,12-13H2,(H3,22,24,27). The number of unbranched alkanes of at least 4 members (excludes halogenated alkanes) is 1. The van der Waals surface area contributed by atoms with Crippen molar-refractivity contribution in [3.63, 3.8) is 0 Å². The Morgan fingerprint density at radius 2 is 1.89 bits per heavy atom. The quantitative estimate of drug-likeness (QED) is 0.619. The third-order valence-electron chi connectivity index (χ3n) is 3.91. The van der Waals surface area contributed by atoms with Gasteiger partial charge in [-0.25, -0.2) is 4.79 Å². The molecule has 0 spiro atoms. The first-order chi connectivity index (χ1) is 13.0. The Morgan fingerprint density at radius 1 is 1.07 bits per heavy atom. The highest BCUT2D eigenvalue weighted by molar-refractivity contribution is 6.42. The summed E-state index contributed by atoms with van der Waals surface area (Å²) >= 11 is 12.1. The Morgan fingerprint density at radius 3 is 2.56 bits per heavy atom. The Bertz CT molecular complexity index is 772. The maximum atomic E-state index is 12.7. The molecule has 3 N–H and O–H groups in total. The molecule has 0 bridgehead atoms. The molecule has 1 aromatic carbocycles. The van der Waals surface area contributed by atoms with Gasteiger partial charge in [0.05, 0.1) is 22.3 Å². The van der Waals surface area contributed by atoms with Gasteiger partial charge in [0.2, 0.25) is 5.91 Å². The van der Waals surface area contributed by atoms with Crippen LogP contribution in [-0.2, 0) is 17.9 Å². The fourth-order valence-corrected chi connectivity index (χ4v) is 2.87. The van der Waals surface area contributed by atoms with Crippen LogP contribution in [0.5, 0.6) is 0 Å². The van der Waals surface area contributed by atoms with Crippen molar-refractivity contribution in [1.29, 1.82) is 0 Å². The monoisotopic (exact) mass is 408 g/mol. The van der Waals surface area contributed by atoms with Crippen LogP contribution < -0.4 is 11.1 Å². The van der Waals surface area contributed by atoms with E-state index in [0.29, 0.717) is 48.9 Å². The van der Waals surface area contributed by atoms with Crippen molar-refractivity contribution in [2.24, 2.45) is 5.73 Å². The average molecular weight is 409 g/mol. The summed E-state index contributed by atoms with van der Waals surface area (Å²) in [6, 6.07) is 10.4. The highest BCUT2D eigenvalue weighted by Gasteiger charge is 2.15. The zero-order valence-electron chi connectivity index (χ0n) is 14.8. The van der Waals surface area contributed by atoms with Crippen LogP contribution in [0.15, 0.2) is 42.6 Å². The van der Waals surface area contributed by atoms with E-state index in [1.165, 1.54) is 0 Å². The van der Waals surface area contributed by atoms with Crippen molar-refractivity contribution < 1.29 is 9.59 Å². The fraction of sp³-hybridized carbons (Fsp3) is 0.316. The number of urea groups is 1. The molecule has 1 heterocycles. The Balaban J connectivity index is 2.01. The molecule has 0 aliphatic carbocycles. The molecule has 2 rings (SSSR count). The molecule has 0 saturated heterocycles. The van der Waals surface area contributed by atoms with Gasteiger partial charge in [-0.3, -0.25) is 9.78 Å². The van der Waals surface area contributed by atoms with Gasteiger partial charge in [-0.05, 0) is 42.7 Å². The SMILES string of the molecule is NC(=O)NCCCCC(=O)N(Cc1ccc(Cl)c(Cl)c1)Cc1ccccn1. The first-order valence-corrected chi connectivity index (χ1v) is 9.36. The van der Waals surface area contributed by atoms with Gasteiger partial charge in [-0.15, -0.1) is 0 Å². The molecule has 2 aromatic rings. The highest BCUT2D eigenvalue weighted by Crippen LogP contribution is 2.23. The molecule has 27 heavy (non-hydrogen) atoms. The average Bonchev–Trinajstić information content (AvgIpc) is 2.64. The molecule has 1 aromatic heterocycles. The number of nitrogens with zero attached hydrogens (tertiary/aromatic N) is 2. The van der Waals surface area contributed by atoms with E-state index in [-0.39, 0.29) is 5.91 Å². The normalized spacial score (nSPS) is 10.4. The lowest BCUT2D eigenvalue weighted by Crippen LogP contribution is -2.31. The topological polar surface area (TPSA) is 88.3 Å². The summed E-state index contributed by atoms with van der Waals surface area (Å²) in [5.74, 6) is 0.00537. The number of carbonyl (C=O) groups is 2. The van der Waals surface area contributed by atoms with E-state index in [2.05, 4.69) is 10.3 Å². The third kappa shape index (κ3) is 7.45. The number of hydrogen-bond donors (Lipinski definition) is 2. The number of carbonyl (C=O) groups excluding carboxylic acids is 2. The van der Waals surface area contributed by atoms with Crippen LogP contribution in [-0.4, -0.2) is 28.4 Å². The van der Waals surface area contributed by atoms with Gasteiger partial charge in [0.15, 0.2) is 0 Å². The summed E-state index contributed by atoms with van der Waals surface area (Å²) in [5.41, 5.74) is 6.72. The number of halogens is 2. The van der Waals surface area contributed by atoms with E-state index >= 15 is 0 Å². The molecule has 144 valence electrons. The molecular formula is C19H22Cl2N4O2. The summed E-state index contributed by atoms with van der Waals surface area (Å²) in [6.07, 6.45) is 3.40. The second-order valence-electron chi connectivity index (χ2n) is 6.07. The molecule has 0 atom stereocenters. The molecule has 0 radical (unpaired) electrons. The largest absolute Gasteiger partial charge is 0.352 e.